The number of nitrogens with two attached hydrogens (primary N) is 1. The van der Waals surface area contributed by atoms with Gasteiger partial charge in [0.05, 0.1) is 6.10 Å². The second-order valence-corrected chi connectivity index (χ2v) is 5.09. The largest absolute Gasteiger partial charge is 0.378 e. The van der Waals surface area contributed by atoms with Crippen molar-refractivity contribution in [3.63, 3.8) is 0 Å². The topological polar surface area (TPSA) is 38.5 Å². The first-order valence-electron chi connectivity index (χ1n) is 7.20. The first-order chi connectivity index (χ1) is 9.65. The molecule has 0 atom stereocenters. The van der Waals surface area contributed by atoms with E-state index >= 15 is 0 Å². The van der Waals surface area contributed by atoms with Gasteiger partial charge >= 0.3 is 0 Å². The molecule has 1 fully saturated rings. The molecule has 0 unspecified atom stereocenters. The number of ether oxygens (including phenoxy) is 1. The zero-order valence-electron chi connectivity index (χ0n) is 11.9. The van der Waals surface area contributed by atoms with E-state index in [1.807, 2.05) is 6.92 Å². The third-order valence-electron chi connectivity index (χ3n) is 3.67. The Bertz CT molecular complexity index is 422. The van der Waals surface area contributed by atoms with Crippen LogP contribution in [0.15, 0.2) is 12.1 Å². The van der Waals surface area contributed by atoms with Crippen molar-refractivity contribution in [3.05, 3.63) is 29.3 Å². The molecule has 20 heavy (non-hydrogen) atoms. The molecule has 0 bridgehead atoms. The molecular weight excluding hydrogens is 262 g/mol. The van der Waals surface area contributed by atoms with Crippen LogP contribution in [0.2, 0.25) is 0 Å². The summed E-state index contributed by atoms with van der Waals surface area (Å²) in [6.07, 6.45) is 2.30. The SMILES string of the molecule is CCOC1CCN(c2c(F)cc(CCN)cc2F)CC1. The standard InChI is InChI=1S/C15H22F2N2O/c1-2-20-12-4-7-19(8-5-12)15-13(16)9-11(3-6-18)10-14(15)17/h9-10,12H,2-8,18H2,1H3. The minimum atomic E-state index is -0.497. The van der Waals surface area contributed by atoms with Crippen LogP contribution in [-0.2, 0) is 11.2 Å². The van der Waals surface area contributed by atoms with Crippen molar-refractivity contribution in [3.8, 4) is 0 Å². The Hall–Kier alpha value is -1.20. The average molecular weight is 284 g/mol. The van der Waals surface area contributed by atoms with Gasteiger partial charge in [0.1, 0.15) is 17.3 Å². The summed E-state index contributed by atoms with van der Waals surface area (Å²) in [5, 5.41) is 0. The number of piperidine rings is 1. The maximum Gasteiger partial charge on any atom is 0.149 e. The third kappa shape index (κ3) is 3.46. The Morgan fingerprint density at radius 3 is 2.35 bits per heavy atom. The number of anilines is 1. The fraction of sp³-hybridized carbons (Fsp3) is 0.600. The lowest BCUT2D eigenvalue weighted by Crippen LogP contribution is -2.38. The molecule has 0 amide bonds. The van der Waals surface area contributed by atoms with E-state index in [-0.39, 0.29) is 11.8 Å². The normalized spacial score (nSPS) is 16.7. The Balaban J connectivity index is 2.10. The molecule has 1 saturated heterocycles. The molecule has 0 radical (unpaired) electrons. The van der Waals surface area contributed by atoms with Crippen molar-refractivity contribution in [2.75, 3.05) is 31.1 Å². The summed E-state index contributed by atoms with van der Waals surface area (Å²) in [6, 6.07) is 2.78. The van der Waals surface area contributed by atoms with Gasteiger partial charge in [0, 0.05) is 19.7 Å². The van der Waals surface area contributed by atoms with Crippen LogP contribution in [-0.4, -0.2) is 32.3 Å². The number of benzene rings is 1. The van der Waals surface area contributed by atoms with E-state index < -0.39 is 11.6 Å². The number of hydrogen-bond donors (Lipinski definition) is 1. The Morgan fingerprint density at radius 2 is 1.85 bits per heavy atom. The van der Waals surface area contributed by atoms with Crippen molar-refractivity contribution in [1.29, 1.82) is 0 Å². The van der Waals surface area contributed by atoms with Crippen LogP contribution in [0.1, 0.15) is 25.3 Å². The summed E-state index contributed by atoms with van der Waals surface area (Å²) in [5.41, 5.74) is 6.11. The molecule has 3 nitrogen and oxygen atoms in total. The van der Waals surface area contributed by atoms with Crippen LogP contribution in [0.3, 0.4) is 0 Å². The lowest BCUT2D eigenvalue weighted by molar-refractivity contribution is 0.0457. The first kappa shape index (κ1) is 15.2. The molecule has 1 aromatic carbocycles. The number of hydrogen-bond acceptors (Lipinski definition) is 3. The van der Waals surface area contributed by atoms with Gasteiger partial charge in [-0.05, 0) is 50.4 Å². The molecule has 1 heterocycles. The summed E-state index contributed by atoms with van der Waals surface area (Å²) >= 11 is 0. The van der Waals surface area contributed by atoms with Gasteiger partial charge < -0.3 is 15.4 Å². The summed E-state index contributed by atoms with van der Waals surface area (Å²) in [6.45, 7) is 4.27. The van der Waals surface area contributed by atoms with Crippen molar-refractivity contribution < 1.29 is 13.5 Å². The van der Waals surface area contributed by atoms with Gasteiger partial charge in [-0.15, -0.1) is 0 Å². The number of nitrogens with zero attached hydrogens (tertiary/aromatic N) is 1. The first-order valence-corrected chi connectivity index (χ1v) is 7.20. The highest BCUT2D eigenvalue weighted by Gasteiger charge is 2.24. The van der Waals surface area contributed by atoms with Crippen LogP contribution in [0.25, 0.3) is 0 Å². The lowest BCUT2D eigenvalue weighted by atomic mass is 10.0. The fourth-order valence-corrected chi connectivity index (χ4v) is 2.71. The predicted octanol–water partition coefficient (Wildman–Crippen LogP) is 2.47. The van der Waals surface area contributed by atoms with E-state index in [4.69, 9.17) is 10.5 Å². The monoisotopic (exact) mass is 284 g/mol. The van der Waals surface area contributed by atoms with Gasteiger partial charge in [0.15, 0.2) is 0 Å². The third-order valence-corrected chi connectivity index (χ3v) is 3.67. The summed E-state index contributed by atoms with van der Waals surface area (Å²) in [7, 11) is 0. The minimum Gasteiger partial charge on any atom is -0.378 e. The number of rotatable bonds is 5. The highest BCUT2D eigenvalue weighted by Crippen LogP contribution is 2.28. The van der Waals surface area contributed by atoms with Crippen molar-refractivity contribution in [1.82, 2.24) is 0 Å². The van der Waals surface area contributed by atoms with Gasteiger partial charge in [-0.1, -0.05) is 0 Å². The molecule has 5 heteroatoms. The molecular formula is C15H22F2N2O. The van der Waals surface area contributed by atoms with Crippen LogP contribution in [0, 0.1) is 11.6 Å². The van der Waals surface area contributed by atoms with Gasteiger partial charge in [0.2, 0.25) is 0 Å². The lowest BCUT2D eigenvalue weighted by Gasteiger charge is -2.33. The second kappa shape index (κ2) is 6.99. The van der Waals surface area contributed by atoms with Crippen molar-refractivity contribution in [2.45, 2.75) is 32.3 Å². The van der Waals surface area contributed by atoms with Crippen LogP contribution < -0.4 is 10.6 Å². The fourth-order valence-electron chi connectivity index (χ4n) is 2.71. The van der Waals surface area contributed by atoms with E-state index in [2.05, 4.69) is 0 Å². The van der Waals surface area contributed by atoms with Crippen LogP contribution in [0.4, 0.5) is 14.5 Å². The van der Waals surface area contributed by atoms with E-state index in [9.17, 15) is 8.78 Å². The smallest absolute Gasteiger partial charge is 0.149 e. The van der Waals surface area contributed by atoms with Crippen LogP contribution >= 0.6 is 0 Å². The van der Waals surface area contributed by atoms with Crippen LogP contribution in [0.5, 0.6) is 0 Å². The van der Waals surface area contributed by atoms with E-state index in [0.717, 1.165) is 12.8 Å². The zero-order valence-corrected chi connectivity index (χ0v) is 11.9. The Labute approximate surface area is 118 Å². The number of halogens is 2. The maximum absolute atomic E-state index is 14.1. The van der Waals surface area contributed by atoms with E-state index in [1.165, 1.54) is 12.1 Å². The quantitative estimate of drug-likeness (QED) is 0.902. The van der Waals surface area contributed by atoms with Gasteiger partial charge in [0.25, 0.3) is 0 Å². The predicted molar refractivity (Wildman–Crippen MR) is 76.0 cm³/mol. The van der Waals surface area contributed by atoms with Gasteiger partial charge in [-0.25, -0.2) is 8.78 Å². The minimum absolute atomic E-state index is 0.0840. The highest BCUT2D eigenvalue weighted by atomic mass is 19.1. The molecule has 0 saturated carbocycles. The van der Waals surface area contributed by atoms with Crippen molar-refractivity contribution in [2.24, 2.45) is 5.73 Å². The zero-order chi connectivity index (χ0) is 14.5. The molecule has 2 N–H and O–H groups in total. The average Bonchev–Trinajstić information content (AvgIpc) is 2.40. The molecule has 112 valence electrons. The summed E-state index contributed by atoms with van der Waals surface area (Å²) in [5.74, 6) is -0.994. The molecule has 1 aromatic rings. The molecule has 0 spiro atoms. The van der Waals surface area contributed by atoms with E-state index in [1.54, 1.807) is 4.90 Å². The molecule has 1 aliphatic heterocycles. The molecule has 1 aliphatic rings. The van der Waals surface area contributed by atoms with Crippen molar-refractivity contribution >= 4 is 5.69 Å². The summed E-state index contributed by atoms with van der Waals surface area (Å²) in [4.78, 5) is 1.77. The molecule has 2 rings (SSSR count). The maximum atomic E-state index is 14.1. The Morgan fingerprint density at radius 1 is 1.25 bits per heavy atom. The summed E-state index contributed by atoms with van der Waals surface area (Å²) < 4.78 is 33.8. The van der Waals surface area contributed by atoms with E-state index in [0.29, 0.717) is 38.2 Å². The second-order valence-electron chi connectivity index (χ2n) is 5.09. The molecule has 0 aromatic heterocycles. The molecule has 0 aliphatic carbocycles. The highest BCUT2D eigenvalue weighted by molar-refractivity contribution is 5.51. The Kier molecular flexibility index (Phi) is 5.31. The van der Waals surface area contributed by atoms with Gasteiger partial charge in [-0.3, -0.25) is 0 Å². The van der Waals surface area contributed by atoms with Gasteiger partial charge in [-0.2, -0.15) is 0 Å².